The lowest BCUT2D eigenvalue weighted by atomic mass is 9.96. The Morgan fingerprint density at radius 1 is 0.421 bits per heavy atom. The van der Waals surface area contributed by atoms with Gasteiger partial charge in [-0.3, -0.25) is 55.9 Å². The highest BCUT2D eigenvalue weighted by Crippen LogP contribution is 2.45. The average Bonchev–Trinajstić information content (AvgIpc) is 1.66. The van der Waals surface area contributed by atoms with E-state index in [4.69, 9.17) is 79.6 Å². The van der Waals surface area contributed by atoms with Gasteiger partial charge in [-0.1, -0.05) is 208 Å². The second-order valence-corrected chi connectivity index (χ2v) is 49.7. The molecule has 0 radical (unpaired) electrons. The molecule has 862 valence electrons. The van der Waals surface area contributed by atoms with Crippen molar-refractivity contribution in [1.29, 1.82) is 10.8 Å². The molecule has 0 saturated heterocycles. The Bertz CT molecular complexity index is 3400. The zero-order valence-electron chi connectivity index (χ0n) is 100. The van der Waals surface area contributed by atoms with Crippen LogP contribution in [0.3, 0.4) is 0 Å². The molecule has 1 aliphatic heterocycles. The van der Waals surface area contributed by atoms with Gasteiger partial charge >= 0.3 is 6.03 Å². The molecule has 41 heteroatoms. The van der Waals surface area contributed by atoms with Gasteiger partial charge in [-0.2, -0.15) is 4.99 Å². The summed E-state index contributed by atoms with van der Waals surface area (Å²) in [6, 6.07) is -0.688. The minimum atomic E-state index is -0.688. The molecule has 1 fully saturated rings. The van der Waals surface area contributed by atoms with Crippen molar-refractivity contribution in [2.45, 2.75) is 305 Å². The number of amides is 3. The molecule has 0 aromatic heterocycles. The zero-order chi connectivity index (χ0) is 114. The van der Waals surface area contributed by atoms with Gasteiger partial charge in [0.05, 0.1) is 18.2 Å². The maximum absolute atomic E-state index is 11.0. The number of urea groups is 1. The number of nitrogens with one attached hydrogen (secondary N) is 16. The first-order chi connectivity index (χ1) is 66.4. The number of nitrogens with two attached hydrogens (primary N) is 12. The summed E-state index contributed by atoms with van der Waals surface area (Å²) < 4.78 is 0. The number of carbonyl (C=O) groups excluding carboxylic acids is 2. The van der Waals surface area contributed by atoms with Crippen LogP contribution in [0.4, 0.5) is 4.79 Å². The molecule has 0 aromatic carbocycles. The van der Waals surface area contributed by atoms with Gasteiger partial charge in [0.15, 0.2) is 47.7 Å². The smallest absolute Gasteiger partial charge is 0.318 e. The van der Waals surface area contributed by atoms with Crippen LogP contribution in [0.2, 0.25) is 0 Å². The molecule has 41 nitrogen and oxygen atoms in total. The number of nitrogens with zero attached hydrogens (tertiary/aromatic N) is 11. The van der Waals surface area contributed by atoms with Crippen LogP contribution in [0.5, 0.6) is 0 Å². The van der Waals surface area contributed by atoms with Crippen LogP contribution < -0.4 is 143 Å². The number of primary amides is 1. The van der Waals surface area contributed by atoms with Crippen LogP contribution in [-0.4, -0.2) is 324 Å². The highest BCUT2D eigenvalue weighted by molar-refractivity contribution is 5.94. The van der Waals surface area contributed by atoms with Gasteiger partial charge < -0.3 is 153 Å². The third-order valence-electron chi connectivity index (χ3n) is 19.0. The molecule has 2 aliphatic rings. The second kappa shape index (κ2) is 86.6. The van der Waals surface area contributed by atoms with Crippen LogP contribution in [0.15, 0.2) is 39.9 Å². The molecule has 2 rings (SSSR count). The predicted molar refractivity (Wildman–Crippen MR) is 634 cm³/mol. The standard InChI is InChI=1S/2C11H24N4.3C11H26N4.C10H23N5O.C10H24N4.2C10H23N3.C9H20N4O/c1-10(2,3)6-14-7-11(4-5-11)8-15-9(12)13;1-11(2,3)9-13-5-4-7-15-8-6-14-10(15)12;1-11(2,3)9-13-7-6-8-14-10(12)15(4)5;1-11(2,3)9-14-7-6-8-15-10(12-4)13-5;1-5-14-10(12)15-8-6-7-13-9-11(2,3)4;1-10(2,3)7-13-5-4-6-14-8(11)15-9(12)16;1-10(2,3)8-13-6-5-7-14(4)9(11)12;1-9(11)13-7-5-6-12-8-10(2,3)4;1-10(2,3)8-13-7-5-4-6-9(11)12;1-9(2,3)6-12-5-4-7(14)13-8(10)11/h14H,4-8H2,1-3H3,(H4,12,13,15);13H,4-9H2,1-3H3,(H2,12,14);13H,6-9H2,1-5H3,(H2,12,14);14H,6-9H2,1-5H3,(H2,12,13,15);13H,5-9H2,1-4H3,(H3,12,14,15);13H,4-7H2,1-3H3,(H5,11,12,14,15,16);13H,5-8H2,1-4H3,(H3,11,12);12H,5-8H2,1-4H3,(H2,11,13);13H,4-8H2,1-3H3,(H3,11,12);12H,4-6H2,1-3H3,(H4,10,11,13,14). The molecule has 0 spiro atoms. The Hall–Kier alpha value is -8.16. The van der Waals surface area contributed by atoms with Crippen molar-refractivity contribution in [2.75, 3.05) is 238 Å². The van der Waals surface area contributed by atoms with E-state index in [2.05, 4.69) is 327 Å². The third kappa shape index (κ3) is 144. The fourth-order valence-electron chi connectivity index (χ4n) is 11.3. The minimum Gasteiger partial charge on any atom is -0.388 e. The fraction of sp³-hybridized carbons (Fsp3) is 0.885. The SMILES string of the molecule is CC(C)(C)CNCC1(CN=C(N)N)CC1.CC(C)(C)CNCCC(=O)N=C(N)N.CC(C)(C)CNCCCCC(=N)N.CC(C)(C)CNCCCN1CCN=C1N.CC(C)(C)CNCCCN=C(N)NC(N)=O.CC(N)=NCCCNCC(C)(C)C.CCNC(N)=NCCCNCC(C)(C)C.CN(C)C(N)=NCCCNCC(C)(C)C.CN(CCCNCC(C)(C)C)C(=N)N.CN=C(NC)NCCCNCC(C)(C)C. The maximum Gasteiger partial charge on any atom is 0.318 e. The Morgan fingerprint density at radius 3 is 1.09 bits per heavy atom. The Balaban J connectivity index is -0.000000240. The number of guanidine groups is 8. The monoisotopic (exact) mass is 2070 g/mol. The van der Waals surface area contributed by atoms with E-state index in [9.17, 15) is 9.59 Å². The molecule has 1 heterocycles. The van der Waals surface area contributed by atoms with E-state index in [0.29, 0.717) is 97.8 Å². The molecule has 1 aliphatic carbocycles. The quantitative estimate of drug-likeness (QED) is 0.0157. The maximum atomic E-state index is 11.0. The summed E-state index contributed by atoms with van der Waals surface area (Å²) in [6.07, 6.45) is 12.9. The molecule has 1 saturated carbocycles. The average molecular weight is 2070 g/mol. The lowest BCUT2D eigenvalue weighted by Gasteiger charge is -2.21. The molecule has 0 bridgehead atoms. The van der Waals surface area contributed by atoms with Crippen molar-refractivity contribution in [3.63, 3.8) is 0 Å². The molecular weight excluding hydrogens is 1830 g/mol. The van der Waals surface area contributed by atoms with Crippen molar-refractivity contribution in [2.24, 2.45) is 168 Å². The van der Waals surface area contributed by atoms with Crippen molar-refractivity contribution in [1.82, 2.24) is 89.1 Å². The van der Waals surface area contributed by atoms with E-state index < -0.39 is 6.03 Å². The van der Waals surface area contributed by atoms with Crippen LogP contribution in [0.1, 0.15) is 305 Å². The molecule has 0 aromatic rings. The fourth-order valence-corrected chi connectivity index (χ4v) is 11.3. The molecular formula is C104H239N39O2. The van der Waals surface area contributed by atoms with Crippen molar-refractivity contribution < 1.29 is 9.59 Å². The van der Waals surface area contributed by atoms with Gasteiger partial charge in [0.2, 0.25) is 5.91 Å². The highest BCUT2D eigenvalue weighted by atomic mass is 16.2. The lowest BCUT2D eigenvalue weighted by Crippen LogP contribution is -2.40. The second-order valence-electron chi connectivity index (χ2n) is 49.7. The van der Waals surface area contributed by atoms with E-state index >= 15 is 0 Å². The van der Waals surface area contributed by atoms with Gasteiger partial charge in [0, 0.05) is 145 Å². The van der Waals surface area contributed by atoms with Gasteiger partial charge in [-0.25, -0.2) is 4.79 Å². The minimum absolute atomic E-state index is 0.0725. The molecule has 0 atom stereocenters. The number of rotatable bonds is 51. The summed E-state index contributed by atoms with van der Waals surface area (Å²) in [5.41, 5.74) is 67.6. The van der Waals surface area contributed by atoms with Gasteiger partial charge in [0.25, 0.3) is 0 Å². The highest BCUT2D eigenvalue weighted by Gasteiger charge is 2.42. The molecule has 145 heavy (non-hydrogen) atoms. The molecule has 3 amide bonds. The zero-order valence-corrected chi connectivity index (χ0v) is 100. The summed E-state index contributed by atoms with van der Waals surface area (Å²) in [7, 11) is 9.28. The summed E-state index contributed by atoms with van der Waals surface area (Å²) in [4.78, 5) is 59.3. The number of hydrogen-bond donors (Lipinski definition) is 28. The van der Waals surface area contributed by atoms with Gasteiger partial charge in [0.1, 0.15) is 0 Å². The third-order valence-corrected chi connectivity index (χ3v) is 19.0. The number of hydrogen-bond acceptors (Lipinski definition) is 23. The van der Waals surface area contributed by atoms with E-state index in [-0.39, 0.29) is 40.6 Å². The number of carbonyl (C=O) groups is 2. The van der Waals surface area contributed by atoms with Crippen molar-refractivity contribution in [3.8, 4) is 0 Å². The first-order valence-electron chi connectivity index (χ1n) is 53.1. The summed E-state index contributed by atoms with van der Waals surface area (Å²) >= 11 is 0. The predicted octanol–water partition coefficient (Wildman–Crippen LogP) is 7.71. The van der Waals surface area contributed by atoms with Gasteiger partial charge in [-0.05, 0) is 243 Å². The van der Waals surface area contributed by atoms with E-state index in [1.165, 1.54) is 12.8 Å². The number of aliphatic imine (C=N–C) groups is 8. The summed E-state index contributed by atoms with van der Waals surface area (Å²) in [5, 5.41) is 59.4. The lowest BCUT2D eigenvalue weighted by molar-refractivity contribution is -0.117. The molecule has 0 unspecified atom stereocenters. The van der Waals surface area contributed by atoms with Crippen LogP contribution in [0, 0.1) is 70.4 Å². The van der Waals surface area contributed by atoms with Crippen LogP contribution in [-0.2, 0) is 4.79 Å². The first-order valence-corrected chi connectivity index (χ1v) is 53.1. The van der Waals surface area contributed by atoms with Crippen molar-refractivity contribution >= 4 is 71.3 Å². The number of amidine groups is 2. The van der Waals surface area contributed by atoms with E-state index in [1.807, 2.05) is 46.9 Å². The Kier molecular flexibility index (Phi) is 90.9. The van der Waals surface area contributed by atoms with Crippen LogP contribution >= 0.6 is 0 Å². The Labute approximate surface area is 887 Å². The largest absolute Gasteiger partial charge is 0.388 e. The first kappa shape index (κ1) is 152. The van der Waals surface area contributed by atoms with Crippen molar-refractivity contribution in [3.05, 3.63) is 0 Å². The summed E-state index contributed by atoms with van der Waals surface area (Å²) in [6.45, 7) is 99.3. The Morgan fingerprint density at radius 2 is 0.772 bits per heavy atom. The normalized spacial score (nSPS) is 13.5. The summed E-state index contributed by atoms with van der Waals surface area (Å²) in [5.74, 6) is 3.65. The number of unbranched alkanes of at least 4 members (excludes halogenated alkanes) is 1. The van der Waals surface area contributed by atoms with E-state index in [1.54, 1.807) is 11.9 Å². The van der Waals surface area contributed by atoms with Crippen LogP contribution in [0.25, 0.3) is 0 Å². The van der Waals surface area contributed by atoms with Gasteiger partial charge in [-0.15, -0.1) is 0 Å². The molecule has 40 N–H and O–H groups in total. The topological polar surface area (TPSA) is 671 Å². The van der Waals surface area contributed by atoms with E-state index in [0.717, 1.165) is 260 Å².